The summed E-state index contributed by atoms with van der Waals surface area (Å²) in [5.41, 5.74) is 1.68. The van der Waals surface area contributed by atoms with Crippen molar-refractivity contribution in [1.82, 2.24) is 0 Å². The van der Waals surface area contributed by atoms with Gasteiger partial charge in [0, 0.05) is 13.9 Å². The third-order valence-corrected chi connectivity index (χ3v) is 2.18. The summed E-state index contributed by atoms with van der Waals surface area (Å²) in [5.74, 6) is -0.0758. The number of rotatable bonds is 2. The number of ketones is 1. The van der Waals surface area contributed by atoms with Crippen LogP contribution in [0.2, 0.25) is 0 Å². The second-order valence-corrected chi connectivity index (χ2v) is 3.32. The lowest BCUT2D eigenvalue weighted by molar-refractivity contribution is 0.103. The number of hydrogen-bond donors (Lipinski definition) is 0. The highest BCUT2D eigenvalue weighted by Gasteiger charge is 2.07. The van der Waals surface area contributed by atoms with E-state index in [1.165, 1.54) is 0 Å². The Labute approximate surface area is 92.2 Å². The fourth-order valence-corrected chi connectivity index (χ4v) is 1.44. The van der Waals surface area contributed by atoms with Gasteiger partial charge in [0.2, 0.25) is 0 Å². The molecule has 0 saturated heterocycles. The molecule has 15 heavy (non-hydrogen) atoms. The van der Waals surface area contributed by atoms with E-state index in [0.29, 0.717) is 16.7 Å². The van der Waals surface area contributed by atoms with Crippen LogP contribution in [-0.2, 0) is 0 Å². The van der Waals surface area contributed by atoms with E-state index in [1.54, 1.807) is 36.4 Å². The zero-order valence-electron chi connectivity index (χ0n) is 10.2. The van der Waals surface area contributed by atoms with Gasteiger partial charge in [-0.3, -0.25) is 4.79 Å². The summed E-state index contributed by atoms with van der Waals surface area (Å²) >= 11 is 0. The molecule has 1 heteroatoms. The van der Waals surface area contributed by atoms with Gasteiger partial charge in [-0.05, 0) is 12.9 Å². The third kappa shape index (κ3) is 2.13. The first-order valence-electron chi connectivity index (χ1n) is 5.88. The predicted octanol–water partition coefficient (Wildman–Crippen LogP) is 3.23. The van der Waals surface area contributed by atoms with E-state index in [9.17, 15) is 4.79 Å². The Bertz CT molecular complexity index is 521. The molecule has 74 valence electrons. The van der Waals surface area contributed by atoms with Crippen molar-refractivity contribution in [1.29, 1.82) is 0 Å². The van der Waals surface area contributed by atoms with Gasteiger partial charge in [0.25, 0.3) is 0 Å². The van der Waals surface area contributed by atoms with Crippen LogP contribution in [0.4, 0.5) is 0 Å². The van der Waals surface area contributed by atoms with Crippen molar-refractivity contribution in [3.05, 3.63) is 71.3 Å². The van der Waals surface area contributed by atoms with Gasteiger partial charge in [0.15, 0.2) is 5.78 Å². The van der Waals surface area contributed by atoms with Crippen molar-refractivity contribution < 1.29 is 7.54 Å². The molecule has 0 unspecified atom stereocenters. The molecule has 2 aromatic carbocycles. The van der Waals surface area contributed by atoms with Gasteiger partial charge >= 0.3 is 0 Å². The van der Waals surface area contributed by atoms with Crippen LogP contribution in [0, 0.1) is 6.88 Å². The molecule has 0 saturated carbocycles. The molecule has 0 N–H and O–H groups in total. The normalized spacial score (nSPS) is 12.1. The summed E-state index contributed by atoms with van der Waals surface area (Å²) in [4.78, 5) is 12.1. The summed E-state index contributed by atoms with van der Waals surface area (Å²) in [7, 11) is 0. The van der Waals surface area contributed by atoms with E-state index >= 15 is 0 Å². The van der Waals surface area contributed by atoms with E-state index < -0.39 is 6.88 Å². The van der Waals surface area contributed by atoms with Crippen molar-refractivity contribution in [3.63, 3.8) is 0 Å². The Hall–Kier alpha value is -1.89. The number of benzene rings is 2. The van der Waals surface area contributed by atoms with Gasteiger partial charge in [-0.25, -0.2) is 0 Å². The summed E-state index contributed by atoms with van der Waals surface area (Å²) in [6.07, 6.45) is 0. The lowest BCUT2D eigenvalue weighted by atomic mass is 10.0. The maximum Gasteiger partial charge on any atom is 0.193 e. The Kier molecular flexibility index (Phi) is 2.02. The molecule has 0 aliphatic carbocycles. The molecule has 2 rings (SSSR count). The molecule has 0 amide bonds. The Morgan fingerprint density at radius 2 is 1.73 bits per heavy atom. The molecule has 0 fully saturated rings. The molecular formula is C14H12O. The predicted molar refractivity (Wildman–Crippen MR) is 61.1 cm³/mol. The molecule has 1 nitrogen and oxygen atoms in total. The monoisotopic (exact) mass is 198 g/mol. The van der Waals surface area contributed by atoms with Gasteiger partial charge in [0.05, 0.1) is 0 Å². The summed E-state index contributed by atoms with van der Waals surface area (Å²) in [6.45, 7) is -1.06. The van der Waals surface area contributed by atoms with Gasteiger partial charge in [0.1, 0.15) is 0 Å². The largest absolute Gasteiger partial charge is 0.289 e. The second-order valence-electron chi connectivity index (χ2n) is 3.32. The molecule has 0 aliphatic heterocycles. The Balaban J connectivity index is 2.35. The molecule has 0 heterocycles. The number of carbonyl (C=O) groups excluding carboxylic acids is 1. The quantitative estimate of drug-likeness (QED) is 0.677. The second kappa shape index (κ2) is 4.09. The minimum atomic E-state index is -1.06. The Morgan fingerprint density at radius 3 is 2.47 bits per heavy atom. The molecule has 0 bridgehead atoms. The van der Waals surface area contributed by atoms with Crippen molar-refractivity contribution in [2.24, 2.45) is 0 Å². The maximum atomic E-state index is 12.1. The molecule has 0 radical (unpaired) electrons. The average molecular weight is 198 g/mol. The first-order valence-corrected chi connectivity index (χ1v) is 4.72. The van der Waals surface area contributed by atoms with Crippen LogP contribution >= 0.6 is 0 Å². The maximum absolute atomic E-state index is 12.1. The minimum Gasteiger partial charge on any atom is -0.289 e. The van der Waals surface area contributed by atoms with Crippen LogP contribution in [0.5, 0.6) is 0 Å². The molecule has 0 aromatic heterocycles. The van der Waals surface area contributed by atoms with Crippen LogP contribution in [0.3, 0.4) is 0 Å². The van der Waals surface area contributed by atoms with E-state index in [2.05, 4.69) is 0 Å². The van der Waals surface area contributed by atoms with Crippen LogP contribution in [0.25, 0.3) is 0 Å². The summed E-state index contributed by atoms with van der Waals surface area (Å²) in [5, 5.41) is 0. The van der Waals surface area contributed by atoms with Crippen LogP contribution < -0.4 is 0 Å². The van der Waals surface area contributed by atoms with Crippen LogP contribution in [-0.4, -0.2) is 5.78 Å². The summed E-state index contributed by atoms with van der Waals surface area (Å²) in [6, 6.07) is 15.7. The van der Waals surface area contributed by atoms with Crippen LogP contribution in [0.15, 0.2) is 54.6 Å². The molecular weight excluding hydrogens is 184 g/mol. The van der Waals surface area contributed by atoms with Gasteiger partial charge in [-0.15, -0.1) is 0 Å². The molecule has 2 aromatic rings. The lowest BCUT2D eigenvalue weighted by Gasteiger charge is -2.01. The fraction of sp³-hybridized carbons (Fsp3) is 0.0714. The van der Waals surface area contributed by atoms with E-state index in [-0.39, 0.29) is 5.78 Å². The van der Waals surface area contributed by atoms with Gasteiger partial charge in [-0.2, -0.15) is 0 Å². The highest BCUT2D eigenvalue weighted by Crippen LogP contribution is 2.10. The topological polar surface area (TPSA) is 17.1 Å². The summed E-state index contributed by atoms with van der Waals surface area (Å²) < 4.78 is 14.6. The standard InChI is InChI=1S/C14H12O/c1-11-6-5-9-13(10-11)14(15)12-7-3-2-4-8-12/h2-10H,1H3/i1D2. The van der Waals surface area contributed by atoms with Gasteiger partial charge < -0.3 is 0 Å². The van der Waals surface area contributed by atoms with Crippen molar-refractivity contribution >= 4 is 5.78 Å². The number of hydrogen-bond acceptors (Lipinski definition) is 1. The van der Waals surface area contributed by atoms with Crippen molar-refractivity contribution in [3.8, 4) is 0 Å². The van der Waals surface area contributed by atoms with E-state index in [4.69, 9.17) is 2.74 Å². The SMILES string of the molecule is [2H]C([2H])c1cccc(C(=O)c2ccccc2)c1. The highest BCUT2D eigenvalue weighted by atomic mass is 16.1. The fourth-order valence-electron chi connectivity index (χ4n) is 1.44. The van der Waals surface area contributed by atoms with Crippen molar-refractivity contribution in [2.45, 2.75) is 6.88 Å². The van der Waals surface area contributed by atoms with Crippen LogP contribution in [0.1, 0.15) is 24.2 Å². The van der Waals surface area contributed by atoms with E-state index in [0.717, 1.165) is 0 Å². The zero-order valence-corrected chi connectivity index (χ0v) is 8.18. The van der Waals surface area contributed by atoms with Crippen molar-refractivity contribution in [2.75, 3.05) is 0 Å². The average Bonchev–Trinajstić information content (AvgIpc) is 2.39. The molecule has 0 spiro atoms. The zero-order chi connectivity index (χ0) is 12.3. The lowest BCUT2D eigenvalue weighted by Crippen LogP contribution is -2.00. The highest BCUT2D eigenvalue weighted by molar-refractivity contribution is 6.09. The minimum absolute atomic E-state index is 0.0758. The number of aryl methyl sites for hydroxylation is 1. The third-order valence-electron chi connectivity index (χ3n) is 2.18. The smallest absolute Gasteiger partial charge is 0.193 e. The first kappa shape index (κ1) is 7.41. The van der Waals surface area contributed by atoms with Gasteiger partial charge in [-0.1, -0.05) is 54.1 Å². The Morgan fingerprint density at radius 1 is 1.00 bits per heavy atom. The number of carbonyl (C=O) groups is 1. The molecule has 0 atom stereocenters. The molecule has 0 aliphatic rings. The first-order chi connectivity index (χ1) is 8.18. The van der Waals surface area contributed by atoms with E-state index in [1.807, 2.05) is 18.2 Å².